The summed E-state index contributed by atoms with van der Waals surface area (Å²) >= 11 is 3.53. The zero-order chi connectivity index (χ0) is 25.1. The second-order valence-electron chi connectivity index (χ2n) is 9.19. The molecule has 35 heavy (non-hydrogen) atoms. The number of hydrogen-bond donors (Lipinski definition) is 3. The Kier molecular flexibility index (Phi) is 8.13. The molecular weight excluding hydrogens is 516 g/mol. The van der Waals surface area contributed by atoms with Crippen molar-refractivity contribution < 1.29 is 24.5 Å². The molecule has 1 aliphatic heterocycles. The summed E-state index contributed by atoms with van der Waals surface area (Å²) in [5.74, 6) is 0.224. The number of hydrogen-bond acceptors (Lipinski definition) is 7. The molecule has 0 saturated heterocycles. The highest BCUT2D eigenvalue weighted by molar-refractivity contribution is 9.10. The lowest BCUT2D eigenvalue weighted by molar-refractivity contribution is -0.132. The second kappa shape index (κ2) is 11.1. The van der Waals surface area contributed by atoms with E-state index in [2.05, 4.69) is 21.2 Å². The van der Waals surface area contributed by atoms with E-state index in [0.717, 1.165) is 29.3 Å². The molecule has 190 valence electrons. The van der Waals surface area contributed by atoms with Crippen LogP contribution in [0.1, 0.15) is 60.8 Å². The Morgan fingerprint density at radius 2 is 2.09 bits per heavy atom. The van der Waals surface area contributed by atoms with E-state index in [4.69, 9.17) is 9.72 Å². The van der Waals surface area contributed by atoms with Crippen LogP contribution in [0, 0.1) is 5.92 Å². The van der Waals surface area contributed by atoms with Gasteiger partial charge in [0.1, 0.15) is 11.4 Å². The number of rotatable bonds is 9. The number of aromatic nitrogens is 2. The van der Waals surface area contributed by atoms with Gasteiger partial charge in [-0.1, -0.05) is 6.07 Å². The highest BCUT2D eigenvalue weighted by atomic mass is 79.9. The Labute approximate surface area is 213 Å². The zero-order valence-electron chi connectivity index (χ0n) is 20.2. The molecule has 1 fully saturated rings. The quantitative estimate of drug-likeness (QED) is 0.412. The third-order valence-corrected chi connectivity index (χ3v) is 7.54. The minimum absolute atomic E-state index is 0.0100. The highest BCUT2D eigenvalue weighted by Gasteiger charge is 2.38. The van der Waals surface area contributed by atoms with E-state index in [1.807, 2.05) is 22.8 Å². The van der Waals surface area contributed by atoms with Crippen molar-refractivity contribution in [2.75, 3.05) is 25.6 Å². The third-order valence-electron chi connectivity index (χ3n) is 6.92. The normalized spacial score (nSPS) is 22.3. The van der Waals surface area contributed by atoms with Gasteiger partial charge in [0.25, 0.3) is 5.91 Å². The van der Waals surface area contributed by atoms with Gasteiger partial charge in [0.2, 0.25) is 11.9 Å². The fourth-order valence-corrected chi connectivity index (χ4v) is 5.63. The number of nitrogens with one attached hydrogen (secondary N) is 1. The van der Waals surface area contributed by atoms with Crippen molar-refractivity contribution in [3.63, 3.8) is 0 Å². The molecule has 2 heterocycles. The number of aliphatic hydroxyl groups excluding tert-OH is 2. The van der Waals surface area contributed by atoms with Crippen molar-refractivity contribution in [1.82, 2.24) is 14.5 Å². The summed E-state index contributed by atoms with van der Waals surface area (Å²) in [4.78, 5) is 33.0. The topological polar surface area (TPSA) is 117 Å². The first-order valence-corrected chi connectivity index (χ1v) is 13.0. The van der Waals surface area contributed by atoms with Crippen LogP contribution in [0.5, 0.6) is 5.75 Å². The zero-order valence-corrected chi connectivity index (χ0v) is 21.8. The fraction of sp³-hybridized carbons (Fsp3) is 0.560. The Hall–Kier alpha value is -2.43. The minimum atomic E-state index is -0.475. The number of carbonyl (C=O) groups excluding carboxylic acids is 2. The molecule has 0 spiro atoms. The number of nitrogens with zero attached hydrogens (tertiary/aromatic N) is 3. The summed E-state index contributed by atoms with van der Waals surface area (Å²) in [6, 6.07) is 5.58. The molecule has 3 atom stereocenters. The molecule has 9 nitrogen and oxygen atoms in total. The number of imidazole rings is 1. The average Bonchev–Trinajstić information content (AvgIpc) is 3.37. The summed E-state index contributed by atoms with van der Waals surface area (Å²) in [5, 5.41) is 23.1. The van der Waals surface area contributed by atoms with Gasteiger partial charge in [0, 0.05) is 25.5 Å². The number of methoxy groups -OCH3 is 1. The Morgan fingerprint density at radius 1 is 1.29 bits per heavy atom. The van der Waals surface area contributed by atoms with Crippen molar-refractivity contribution in [2.24, 2.45) is 5.92 Å². The second-order valence-corrected chi connectivity index (χ2v) is 10.0. The minimum Gasteiger partial charge on any atom is -0.496 e. The van der Waals surface area contributed by atoms with E-state index < -0.39 is 12.0 Å². The van der Waals surface area contributed by atoms with Crippen molar-refractivity contribution in [3.8, 4) is 5.75 Å². The lowest BCUT2D eigenvalue weighted by atomic mass is 9.97. The molecule has 10 heteroatoms. The summed E-state index contributed by atoms with van der Waals surface area (Å²) in [6.45, 7) is 2.40. The molecule has 1 saturated carbocycles. The van der Waals surface area contributed by atoms with Crippen molar-refractivity contribution in [2.45, 2.75) is 64.1 Å². The molecule has 1 aromatic heterocycles. The molecule has 1 aromatic carbocycles. The van der Waals surface area contributed by atoms with Gasteiger partial charge in [0.15, 0.2) is 0 Å². The predicted molar refractivity (Wildman–Crippen MR) is 135 cm³/mol. The number of aliphatic hydroxyl groups is 2. The lowest BCUT2D eigenvalue weighted by Gasteiger charge is -2.23. The lowest BCUT2D eigenvalue weighted by Crippen LogP contribution is -2.40. The monoisotopic (exact) mass is 548 g/mol. The number of benzene rings is 1. The molecule has 2 aliphatic rings. The van der Waals surface area contributed by atoms with Gasteiger partial charge in [-0.3, -0.25) is 14.5 Å². The van der Waals surface area contributed by atoms with Crippen LogP contribution in [0.4, 0.5) is 5.95 Å². The van der Waals surface area contributed by atoms with Crippen LogP contribution >= 0.6 is 15.9 Å². The summed E-state index contributed by atoms with van der Waals surface area (Å²) < 4.78 is 7.98. The van der Waals surface area contributed by atoms with Crippen LogP contribution in [0.25, 0.3) is 0 Å². The van der Waals surface area contributed by atoms with E-state index in [1.165, 1.54) is 4.90 Å². The third kappa shape index (κ3) is 5.24. The van der Waals surface area contributed by atoms with Gasteiger partial charge in [-0.15, -0.1) is 0 Å². The molecule has 1 unspecified atom stereocenters. The standard InChI is InChI=1S/C25H33BrN4O5/c1-3-29-23(33)16(6-5-11-31)13-19-22(24(29)34)30(14-15-9-10-21(35-2)17(26)12-15)25(28-19)27-18-7-4-8-20(18)32/h9-10,12,16,18,20,31-32H,3-8,11,13-14H2,1-2H3,(H,27,28)/t16?,18-,20-/m1/s1. The number of carbonyl (C=O) groups is 2. The molecule has 0 radical (unpaired) electrons. The van der Waals surface area contributed by atoms with Crippen LogP contribution < -0.4 is 10.1 Å². The number of ether oxygens (including phenoxy) is 1. The fourth-order valence-electron chi connectivity index (χ4n) is 5.05. The molecule has 2 amide bonds. The molecular formula is C25H33BrN4O5. The van der Waals surface area contributed by atoms with E-state index in [-0.39, 0.29) is 31.0 Å². The largest absolute Gasteiger partial charge is 0.496 e. The number of anilines is 1. The van der Waals surface area contributed by atoms with Gasteiger partial charge < -0.3 is 24.8 Å². The van der Waals surface area contributed by atoms with Crippen molar-refractivity contribution in [3.05, 3.63) is 39.6 Å². The molecule has 1 aliphatic carbocycles. The van der Waals surface area contributed by atoms with Gasteiger partial charge in [-0.05, 0) is 72.7 Å². The van der Waals surface area contributed by atoms with Gasteiger partial charge in [0.05, 0.1) is 36.0 Å². The molecule has 4 rings (SSSR count). The Morgan fingerprint density at radius 3 is 2.71 bits per heavy atom. The van der Waals surface area contributed by atoms with Crippen LogP contribution in [-0.4, -0.2) is 68.9 Å². The molecule has 3 N–H and O–H groups in total. The SMILES string of the molecule is CCN1C(=O)c2c(nc(N[C@@H]3CCC[C@H]3O)n2Cc2ccc(OC)c(Br)c2)CC(CCCO)C1=O. The number of imide groups is 1. The van der Waals surface area contributed by atoms with E-state index >= 15 is 0 Å². The van der Waals surface area contributed by atoms with Gasteiger partial charge in [-0.2, -0.15) is 0 Å². The van der Waals surface area contributed by atoms with Gasteiger partial charge >= 0.3 is 0 Å². The van der Waals surface area contributed by atoms with Crippen LogP contribution in [0.3, 0.4) is 0 Å². The first kappa shape index (κ1) is 25.7. The number of amides is 2. The Bertz CT molecular complexity index is 1090. The Balaban J connectivity index is 1.78. The summed E-state index contributed by atoms with van der Waals surface area (Å²) in [7, 11) is 1.60. The predicted octanol–water partition coefficient (Wildman–Crippen LogP) is 2.96. The number of halogens is 1. The highest BCUT2D eigenvalue weighted by Crippen LogP contribution is 2.32. The maximum absolute atomic E-state index is 13.7. The summed E-state index contributed by atoms with van der Waals surface area (Å²) in [5.41, 5.74) is 1.90. The summed E-state index contributed by atoms with van der Waals surface area (Å²) in [6.07, 6.45) is 3.29. The van der Waals surface area contributed by atoms with Crippen molar-refractivity contribution >= 4 is 33.7 Å². The van der Waals surface area contributed by atoms with Crippen LogP contribution in [0.15, 0.2) is 22.7 Å². The first-order valence-electron chi connectivity index (χ1n) is 12.2. The van der Waals surface area contributed by atoms with E-state index in [9.17, 15) is 19.8 Å². The van der Waals surface area contributed by atoms with E-state index in [1.54, 1.807) is 14.0 Å². The van der Waals surface area contributed by atoms with Crippen LogP contribution in [0.2, 0.25) is 0 Å². The maximum Gasteiger partial charge on any atom is 0.279 e. The van der Waals surface area contributed by atoms with E-state index in [0.29, 0.717) is 48.9 Å². The maximum atomic E-state index is 13.7. The number of fused-ring (bicyclic) bond motifs is 1. The van der Waals surface area contributed by atoms with Gasteiger partial charge in [-0.25, -0.2) is 4.98 Å². The van der Waals surface area contributed by atoms with Crippen LogP contribution in [-0.2, 0) is 17.8 Å². The molecule has 0 bridgehead atoms. The van der Waals surface area contributed by atoms with Crippen molar-refractivity contribution in [1.29, 1.82) is 0 Å². The molecule has 2 aromatic rings. The first-order chi connectivity index (χ1) is 16.9. The smallest absolute Gasteiger partial charge is 0.279 e. The average molecular weight is 549 g/mol.